The van der Waals surface area contributed by atoms with Gasteiger partial charge in [0.05, 0.1) is 11.4 Å². The molecule has 0 unspecified atom stereocenters. The summed E-state index contributed by atoms with van der Waals surface area (Å²) in [7, 11) is 0. The fraction of sp³-hybridized carbons (Fsp3) is 0.200. The number of phenols is 3. The number of nitrogens with zero attached hydrogens (tertiary/aromatic N) is 1. The minimum atomic E-state index is 0.132. The van der Waals surface area contributed by atoms with E-state index >= 15 is 0 Å². The van der Waals surface area contributed by atoms with E-state index in [1.54, 1.807) is 12.1 Å². The Morgan fingerprint density at radius 2 is 1.11 bits per heavy atom. The van der Waals surface area contributed by atoms with Crippen LogP contribution in [-0.2, 0) is 0 Å². The Balaban J connectivity index is 1.82. The molecular weight excluding hydrogens is 438 g/mol. The van der Waals surface area contributed by atoms with Crippen molar-refractivity contribution >= 4 is 17.1 Å². The molecule has 5 nitrogen and oxygen atoms in total. The van der Waals surface area contributed by atoms with Crippen molar-refractivity contribution in [2.24, 2.45) is 0 Å². The fourth-order valence-electron chi connectivity index (χ4n) is 4.54. The molecule has 4 rings (SSSR count). The van der Waals surface area contributed by atoms with Gasteiger partial charge in [-0.25, -0.2) is 0 Å². The summed E-state index contributed by atoms with van der Waals surface area (Å²) < 4.78 is 6.04. The number of hydrogen-bond donors (Lipinski definition) is 3. The molecule has 0 saturated carbocycles. The zero-order valence-corrected chi connectivity index (χ0v) is 21.0. The summed E-state index contributed by atoms with van der Waals surface area (Å²) in [6, 6.07) is 18.6. The van der Waals surface area contributed by atoms with Crippen LogP contribution >= 0.6 is 0 Å². The summed E-state index contributed by atoms with van der Waals surface area (Å²) in [5.41, 5.74) is 7.10. The highest BCUT2D eigenvalue weighted by Gasteiger charge is 2.23. The molecule has 0 aliphatic heterocycles. The van der Waals surface area contributed by atoms with Crippen molar-refractivity contribution in [3.8, 4) is 28.7 Å². The number of anilines is 3. The first-order chi connectivity index (χ1) is 16.6. The number of aromatic hydroxyl groups is 3. The molecule has 0 aliphatic rings. The maximum atomic E-state index is 11.0. The van der Waals surface area contributed by atoms with Crippen molar-refractivity contribution < 1.29 is 20.1 Å². The molecule has 35 heavy (non-hydrogen) atoms. The molecule has 180 valence electrons. The molecule has 5 heteroatoms. The Morgan fingerprint density at radius 1 is 0.600 bits per heavy atom. The fourth-order valence-corrected chi connectivity index (χ4v) is 4.54. The minimum Gasteiger partial charge on any atom is -0.507 e. The molecular formula is C30H31NO4. The molecule has 0 aliphatic carbocycles. The summed E-state index contributed by atoms with van der Waals surface area (Å²) in [4.78, 5) is 1.88. The van der Waals surface area contributed by atoms with E-state index < -0.39 is 0 Å². The number of hydrogen-bond acceptors (Lipinski definition) is 5. The molecule has 0 fully saturated rings. The van der Waals surface area contributed by atoms with Crippen molar-refractivity contribution in [1.29, 1.82) is 0 Å². The summed E-state index contributed by atoms with van der Waals surface area (Å²) in [6.07, 6.45) is 0. The number of phenolic OH excluding ortho intramolecular Hbond substituents is 3. The molecule has 0 atom stereocenters. The van der Waals surface area contributed by atoms with Crippen LogP contribution in [0.3, 0.4) is 0 Å². The smallest absolute Gasteiger partial charge is 0.140 e. The van der Waals surface area contributed by atoms with Gasteiger partial charge in [-0.05, 0) is 112 Å². The Kier molecular flexibility index (Phi) is 6.35. The zero-order chi connectivity index (χ0) is 25.4. The third kappa shape index (κ3) is 4.62. The molecule has 0 amide bonds. The van der Waals surface area contributed by atoms with Gasteiger partial charge in [-0.2, -0.15) is 0 Å². The third-order valence-corrected chi connectivity index (χ3v) is 6.20. The van der Waals surface area contributed by atoms with Gasteiger partial charge < -0.3 is 25.0 Å². The topological polar surface area (TPSA) is 73.2 Å². The van der Waals surface area contributed by atoms with Crippen LogP contribution in [0, 0.1) is 41.5 Å². The third-order valence-electron chi connectivity index (χ3n) is 6.20. The van der Waals surface area contributed by atoms with E-state index in [-0.39, 0.29) is 17.2 Å². The Labute approximate surface area is 206 Å². The first kappa shape index (κ1) is 24.0. The highest BCUT2D eigenvalue weighted by molar-refractivity contribution is 5.86. The highest BCUT2D eigenvalue weighted by atomic mass is 16.5. The van der Waals surface area contributed by atoms with Crippen molar-refractivity contribution in [1.82, 2.24) is 0 Å². The normalized spacial score (nSPS) is 10.9. The van der Waals surface area contributed by atoms with Crippen LogP contribution < -0.4 is 9.64 Å². The average Bonchev–Trinajstić information content (AvgIpc) is 2.78. The van der Waals surface area contributed by atoms with Crippen molar-refractivity contribution in [2.45, 2.75) is 41.5 Å². The van der Waals surface area contributed by atoms with E-state index in [1.165, 1.54) is 0 Å². The zero-order valence-electron chi connectivity index (χ0n) is 21.0. The number of aryl methyl sites for hydroxylation is 5. The van der Waals surface area contributed by atoms with E-state index in [1.807, 2.05) is 95.0 Å². The molecule has 4 aromatic carbocycles. The van der Waals surface area contributed by atoms with Crippen molar-refractivity contribution in [3.05, 3.63) is 94.0 Å². The molecule has 0 heterocycles. The number of rotatable bonds is 5. The van der Waals surface area contributed by atoms with Crippen LogP contribution in [0.1, 0.15) is 33.4 Å². The lowest BCUT2D eigenvalue weighted by atomic mass is 10.0. The SMILES string of the molecule is Cc1cc(C)c(N(c2ccc(Oc3ccc(C)c(O)c3C)cc2)c2c(C)cc(C)cc2O)c(O)c1. The van der Waals surface area contributed by atoms with Crippen LogP contribution in [0.25, 0.3) is 0 Å². The molecule has 4 aromatic rings. The van der Waals surface area contributed by atoms with Gasteiger partial charge in [0.15, 0.2) is 0 Å². The quantitative estimate of drug-likeness (QED) is 0.277. The summed E-state index contributed by atoms with van der Waals surface area (Å²) in [5, 5.41) is 32.2. The highest BCUT2D eigenvalue weighted by Crippen LogP contribution is 2.47. The average molecular weight is 470 g/mol. The Hall–Kier alpha value is -4.12. The first-order valence-corrected chi connectivity index (χ1v) is 11.5. The van der Waals surface area contributed by atoms with Gasteiger partial charge in [0.2, 0.25) is 0 Å². The molecule has 0 spiro atoms. The van der Waals surface area contributed by atoms with Gasteiger partial charge >= 0.3 is 0 Å². The molecule has 0 saturated heterocycles. The Morgan fingerprint density at radius 3 is 1.60 bits per heavy atom. The predicted molar refractivity (Wildman–Crippen MR) is 141 cm³/mol. The lowest BCUT2D eigenvalue weighted by Gasteiger charge is -2.30. The lowest BCUT2D eigenvalue weighted by Crippen LogP contribution is -2.13. The van der Waals surface area contributed by atoms with Crippen molar-refractivity contribution in [3.63, 3.8) is 0 Å². The maximum absolute atomic E-state index is 11.0. The summed E-state index contributed by atoms with van der Waals surface area (Å²) in [6.45, 7) is 11.4. The largest absolute Gasteiger partial charge is 0.507 e. The van der Waals surface area contributed by atoms with Crippen LogP contribution in [0.15, 0.2) is 60.7 Å². The van der Waals surface area contributed by atoms with Crippen LogP contribution in [0.2, 0.25) is 0 Å². The second-order valence-electron chi connectivity index (χ2n) is 9.18. The van der Waals surface area contributed by atoms with Crippen LogP contribution in [0.4, 0.5) is 17.1 Å². The molecule has 0 bridgehead atoms. The first-order valence-electron chi connectivity index (χ1n) is 11.5. The van der Waals surface area contributed by atoms with E-state index in [9.17, 15) is 15.3 Å². The van der Waals surface area contributed by atoms with Gasteiger partial charge in [0.1, 0.15) is 28.7 Å². The monoisotopic (exact) mass is 469 g/mol. The number of ether oxygens (including phenoxy) is 1. The second-order valence-corrected chi connectivity index (χ2v) is 9.18. The van der Waals surface area contributed by atoms with Gasteiger partial charge in [-0.1, -0.05) is 18.2 Å². The van der Waals surface area contributed by atoms with E-state index in [2.05, 4.69) is 0 Å². The van der Waals surface area contributed by atoms with Gasteiger partial charge in [0, 0.05) is 11.3 Å². The summed E-state index contributed by atoms with van der Waals surface area (Å²) in [5.74, 6) is 1.67. The van der Waals surface area contributed by atoms with Crippen LogP contribution in [0.5, 0.6) is 28.7 Å². The van der Waals surface area contributed by atoms with Crippen LogP contribution in [-0.4, -0.2) is 15.3 Å². The second kappa shape index (κ2) is 9.26. The molecule has 3 N–H and O–H groups in total. The van der Waals surface area contributed by atoms with E-state index in [0.717, 1.165) is 33.5 Å². The molecule has 0 radical (unpaired) electrons. The van der Waals surface area contributed by atoms with Gasteiger partial charge in [0.25, 0.3) is 0 Å². The van der Waals surface area contributed by atoms with Gasteiger partial charge in [-0.3, -0.25) is 0 Å². The standard InChI is InChI=1S/C30H31NO4/c1-17-13-20(4)28(25(32)15-17)31(29-21(5)14-18(2)16-26(29)33)23-8-10-24(11-9-23)35-27-12-7-19(3)30(34)22(27)6/h7-16,32-34H,1-6H3. The number of benzene rings is 4. The predicted octanol–water partition coefficient (Wildman–Crippen LogP) is 7.92. The Bertz CT molecular complexity index is 1300. The summed E-state index contributed by atoms with van der Waals surface area (Å²) >= 11 is 0. The van der Waals surface area contributed by atoms with Crippen molar-refractivity contribution in [2.75, 3.05) is 4.90 Å². The van der Waals surface area contributed by atoms with E-state index in [0.29, 0.717) is 28.4 Å². The lowest BCUT2D eigenvalue weighted by molar-refractivity contribution is 0.445. The molecule has 0 aromatic heterocycles. The maximum Gasteiger partial charge on any atom is 0.140 e. The van der Waals surface area contributed by atoms with E-state index in [4.69, 9.17) is 4.74 Å². The van der Waals surface area contributed by atoms with Gasteiger partial charge in [-0.15, -0.1) is 0 Å². The minimum absolute atomic E-state index is 0.132.